The summed E-state index contributed by atoms with van der Waals surface area (Å²) in [6, 6.07) is 24.2. The smallest absolute Gasteiger partial charge is 0.352 e. The highest BCUT2D eigenvalue weighted by Gasteiger charge is 2.39. The number of benzene rings is 3. The van der Waals surface area contributed by atoms with Crippen molar-refractivity contribution in [2.24, 2.45) is 0 Å². The van der Waals surface area contributed by atoms with E-state index < -0.39 is 14.8 Å². The fourth-order valence-corrected chi connectivity index (χ4v) is 5.76. The van der Waals surface area contributed by atoms with Crippen LogP contribution >= 0.6 is 0 Å². The zero-order chi connectivity index (χ0) is 22.2. The quantitative estimate of drug-likeness (QED) is 0.452. The third-order valence-electron chi connectivity index (χ3n) is 5.06. The minimum atomic E-state index is -1.59. The van der Waals surface area contributed by atoms with Crippen molar-refractivity contribution in [1.29, 1.82) is 0 Å². The monoisotopic (exact) mass is 431 g/mol. The highest BCUT2D eigenvalue weighted by molar-refractivity contribution is 6.80. The van der Waals surface area contributed by atoms with Crippen LogP contribution in [-0.4, -0.2) is 20.8 Å². The first-order chi connectivity index (χ1) is 14.7. The number of cyclic esters (lactones) is 1. The number of carbonyl (C=O) groups is 1. The van der Waals surface area contributed by atoms with Crippen molar-refractivity contribution in [3.8, 4) is 11.5 Å². The molecule has 5 heteroatoms. The van der Waals surface area contributed by atoms with Gasteiger partial charge in [-0.15, -0.1) is 0 Å². The molecule has 3 aromatic carbocycles. The van der Waals surface area contributed by atoms with Crippen LogP contribution in [0.2, 0.25) is 0 Å². The Morgan fingerprint density at radius 2 is 1.35 bits per heavy atom. The van der Waals surface area contributed by atoms with Crippen LogP contribution in [0.5, 0.6) is 11.5 Å². The summed E-state index contributed by atoms with van der Waals surface area (Å²) < 4.78 is 18.3. The lowest BCUT2D eigenvalue weighted by molar-refractivity contribution is -0.127. The van der Waals surface area contributed by atoms with Crippen LogP contribution in [0.1, 0.15) is 50.5 Å². The van der Waals surface area contributed by atoms with Gasteiger partial charge in [0.25, 0.3) is 0 Å². The summed E-state index contributed by atoms with van der Waals surface area (Å²) >= 11 is 0. The van der Waals surface area contributed by atoms with Crippen molar-refractivity contribution in [2.45, 2.75) is 45.8 Å². The highest BCUT2D eigenvalue weighted by atomic mass is 28.3. The first-order valence-corrected chi connectivity index (χ1v) is 11.8. The molecule has 1 aliphatic heterocycles. The minimum Gasteiger partial charge on any atom is -0.532 e. The molecule has 0 saturated carbocycles. The van der Waals surface area contributed by atoms with E-state index in [1.807, 2.05) is 48.5 Å². The molecule has 0 aliphatic carbocycles. The summed E-state index contributed by atoms with van der Waals surface area (Å²) in [5, 5.41) is 2.27. The van der Waals surface area contributed by atoms with E-state index in [9.17, 15) is 4.79 Å². The van der Waals surface area contributed by atoms with Crippen molar-refractivity contribution in [3.05, 3.63) is 83.9 Å². The first-order valence-electron chi connectivity index (χ1n) is 10.4. The summed E-state index contributed by atoms with van der Waals surface area (Å²) in [6.07, 6.45) is 0. The molecule has 0 aromatic heterocycles. The molecule has 0 fully saturated rings. The fourth-order valence-electron chi connectivity index (χ4n) is 3.82. The number of esters is 1. The zero-order valence-electron chi connectivity index (χ0n) is 18.6. The topological polar surface area (TPSA) is 44.8 Å². The van der Waals surface area contributed by atoms with E-state index >= 15 is 0 Å². The van der Waals surface area contributed by atoms with Gasteiger partial charge in [0.15, 0.2) is 0 Å². The van der Waals surface area contributed by atoms with Crippen molar-refractivity contribution >= 4 is 25.4 Å². The summed E-state index contributed by atoms with van der Waals surface area (Å²) in [7, 11) is -1.59. The van der Waals surface area contributed by atoms with Crippen LogP contribution in [0.15, 0.2) is 72.8 Å². The van der Waals surface area contributed by atoms with E-state index in [-0.39, 0.29) is 11.4 Å². The Labute approximate surface area is 185 Å². The van der Waals surface area contributed by atoms with Crippen molar-refractivity contribution in [1.82, 2.24) is 0 Å². The molecule has 3 aromatic rings. The second kappa shape index (κ2) is 7.89. The zero-order valence-corrected chi connectivity index (χ0v) is 19.6. The molecule has 0 amide bonds. The van der Waals surface area contributed by atoms with Crippen molar-refractivity contribution < 1.29 is 18.7 Å². The molecule has 0 bridgehead atoms. The Morgan fingerprint density at radius 1 is 0.806 bits per heavy atom. The Bertz CT molecular complexity index is 1050. The average molecular weight is 432 g/mol. The molecule has 159 valence electrons. The standard InChI is InChI=1S/C26H27O4Si/c1-25(2,3)23-21(17-16-20-22(23)24(27)29-26(4,5)28-20)30-31(18-12-8-6-9-13-18)19-14-10-7-11-15-19/h6-17H,1-5H3. The summed E-state index contributed by atoms with van der Waals surface area (Å²) in [6.45, 7) is 9.68. The third-order valence-corrected chi connectivity index (χ3v) is 7.20. The fraction of sp³-hybridized carbons (Fsp3) is 0.269. The van der Waals surface area contributed by atoms with Gasteiger partial charge in [0.2, 0.25) is 5.79 Å². The van der Waals surface area contributed by atoms with Gasteiger partial charge >= 0.3 is 15.0 Å². The molecule has 0 spiro atoms. The maximum Gasteiger partial charge on any atom is 0.352 e. The van der Waals surface area contributed by atoms with Gasteiger partial charge in [-0.3, -0.25) is 0 Å². The van der Waals surface area contributed by atoms with Gasteiger partial charge in [-0.25, -0.2) is 4.79 Å². The molecule has 1 heterocycles. The van der Waals surface area contributed by atoms with Crippen LogP contribution in [0.25, 0.3) is 0 Å². The van der Waals surface area contributed by atoms with Gasteiger partial charge in [-0.2, -0.15) is 0 Å². The van der Waals surface area contributed by atoms with E-state index in [2.05, 4.69) is 45.0 Å². The predicted octanol–water partition coefficient (Wildman–Crippen LogP) is 4.45. The Kier molecular flexibility index (Phi) is 5.39. The molecule has 0 atom stereocenters. The van der Waals surface area contributed by atoms with Crippen LogP contribution in [0.4, 0.5) is 0 Å². The number of hydrogen-bond acceptors (Lipinski definition) is 4. The largest absolute Gasteiger partial charge is 0.532 e. The molecular formula is C26H27O4Si. The number of fused-ring (bicyclic) bond motifs is 1. The van der Waals surface area contributed by atoms with Gasteiger partial charge in [-0.1, -0.05) is 81.4 Å². The van der Waals surface area contributed by atoms with Gasteiger partial charge < -0.3 is 13.9 Å². The van der Waals surface area contributed by atoms with Crippen molar-refractivity contribution in [3.63, 3.8) is 0 Å². The molecule has 0 unspecified atom stereocenters. The molecule has 4 nitrogen and oxygen atoms in total. The SMILES string of the molecule is CC1(C)OC(=O)c2c(ccc(O[Si](c3ccccc3)c3ccccc3)c2C(C)(C)C)O1. The molecule has 1 aliphatic rings. The normalized spacial score (nSPS) is 15.1. The van der Waals surface area contributed by atoms with Crippen LogP contribution in [0, 0.1) is 0 Å². The van der Waals surface area contributed by atoms with Crippen LogP contribution < -0.4 is 19.5 Å². The molecule has 1 radical (unpaired) electrons. The Hall–Kier alpha value is -3.05. The van der Waals surface area contributed by atoms with Gasteiger partial charge in [0.1, 0.15) is 17.1 Å². The van der Waals surface area contributed by atoms with E-state index in [4.69, 9.17) is 13.9 Å². The first kappa shape index (κ1) is 21.2. The van der Waals surface area contributed by atoms with Gasteiger partial charge in [0.05, 0.1) is 0 Å². The summed E-state index contributed by atoms with van der Waals surface area (Å²) in [5.41, 5.74) is 0.900. The van der Waals surface area contributed by atoms with Crippen LogP contribution in [0.3, 0.4) is 0 Å². The lowest BCUT2D eigenvalue weighted by Gasteiger charge is -2.36. The number of hydrogen-bond donors (Lipinski definition) is 0. The second-order valence-corrected chi connectivity index (χ2v) is 11.1. The number of rotatable bonds is 4. The maximum absolute atomic E-state index is 13.0. The molecular weight excluding hydrogens is 404 g/mol. The second-order valence-electron chi connectivity index (χ2n) is 9.12. The lowest BCUT2D eigenvalue weighted by Crippen LogP contribution is -2.48. The maximum atomic E-state index is 13.0. The van der Waals surface area contributed by atoms with Gasteiger partial charge in [-0.05, 0) is 27.9 Å². The molecule has 4 rings (SSSR count). The predicted molar refractivity (Wildman–Crippen MR) is 124 cm³/mol. The van der Waals surface area contributed by atoms with E-state index in [1.54, 1.807) is 13.8 Å². The van der Waals surface area contributed by atoms with E-state index in [0.717, 1.165) is 15.9 Å². The Morgan fingerprint density at radius 3 is 1.87 bits per heavy atom. The van der Waals surface area contributed by atoms with E-state index in [1.165, 1.54) is 0 Å². The van der Waals surface area contributed by atoms with Crippen LogP contribution in [-0.2, 0) is 10.2 Å². The van der Waals surface area contributed by atoms with E-state index in [0.29, 0.717) is 17.1 Å². The molecule has 31 heavy (non-hydrogen) atoms. The molecule has 0 N–H and O–H groups in total. The average Bonchev–Trinajstić information content (AvgIpc) is 2.71. The third kappa shape index (κ3) is 4.37. The highest BCUT2D eigenvalue weighted by Crippen LogP contribution is 2.43. The minimum absolute atomic E-state index is 0.356. The number of ether oxygens (including phenoxy) is 2. The lowest BCUT2D eigenvalue weighted by atomic mass is 9.82. The summed E-state index contributed by atoms with van der Waals surface area (Å²) in [4.78, 5) is 13.0. The van der Waals surface area contributed by atoms with Crippen molar-refractivity contribution in [2.75, 3.05) is 0 Å². The Balaban J connectivity index is 1.85. The summed E-state index contributed by atoms with van der Waals surface area (Å²) in [5.74, 6) is -0.153. The van der Waals surface area contributed by atoms with Gasteiger partial charge in [0, 0.05) is 19.4 Å². The molecule has 0 saturated heterocycles. The number of carbonyl (C=O) groups excluding carboxylic acids is 1.